The van der Waals surface area contributed by atoms with Gasteiger partial charge in [-0.1, -0.05) is 30.3 Å². The number of halogens is 3. The summed E-state index contributed by atoms with van der Waals surface area (Å²) in [4.78, 5) is 4.16. The molecule has 0 aliphatic carbocycles. The fraction of sp³-hybridized carbons (Fsp3) is 0.235. The third-order valence-corrected chi connectivity index (χ3v) is 5.15. The van der Waals surface area contributed by atoms with Crippen LogP contribution in [0.4, 0.5) is 18.9 Å². The predicted molar refractivity (Wildman–Crippen MR) is 96.3 cm³/mol. The number of hydrogen-bond acceptors (Lipinski definition) is 4. The average molecular weight is 401 g/mol. The first-order valence-electron chi connectivity index (χ1n) is 7.87. The number of para-hydroxylation sites is 2. The molecule has 0 saturated heterocycles. The van der Waals surface area contributed by atoms with Crippen LogP contribution in [-0.4, -0.2) is 33.0 Å². The molecule has 0 aromatic heterocycles. The number of sulfone groups is 1. The van der Waals surface area contributed by atoms with Crippen molar-refractivity contribution in [2.45, 2.75) is 17.7 Å². The Bertz CT molecular complexity index is 885. The molecule has 0 aliphatic heterocycles. The monoisotopic (exact) mass is 401 g/mol. The third-order valence-electron chi connectivity index (χ3n) is 3.33. The lowest BCUT2D eigenvalue weighted by Crippen LogP contribution is -2.25. The van der Waals surface area contributed by atoms with E-state index in [1.807, 2.05) is 0 Å². The van der Waals surface area contributed by atoms with Crippen molar-refractivity contribution in [3.8, 4) is 5.75 Å². The van der Waals surface area contributed by atoms with Crippen LogP contribution in [0.2, 0.25) is 0 Å². The number of guanidine groups is 1. The normalized spacial score (nSPS) is 12.6. The number of nitrogens with two attached hydrogens (primary N) is 1. The topological polar surface area (TPSA) is 93.8 Å². The first-order valence-corrected chi connectivity index (χ1v) is 9.52. The van der Waals surface area contributed by atoms with Gasteiger partial charge in [-0.05, 0) is 30.7 Å². The summed E-state index contributed by atoms with van der Waals surface area (Å²) in [6, 6.07) is 13.4. The summed E-state index contributed by atoms with van der Waals surface area (Å²) in [6.07, 6.45) is -4.63. The molecule has 27 heavy (non-hydrogen) atoms. The van der Waals surface area contributed by atoms with E-state index >= 15 is 0 Å². The van der Waals surface area contributed by atoms with E-state index in [0.717, 1.165) is 6.07 Å². The summed E-state index contributed by atoms with van der Waals surface area (Å²) < 4.78 is 65.3. The van der Waals surface area contributed by atoms with E-state index in [-0.39, 0.29) is 35.3 Å². The first kappa shape index (κ1) is 20.6. The maximum Gasteiger partial charge on any atom is 0.573 e. The highest BCUT2D eigenvalue weighted by molar-refractivity contribution is 7.91. The number of ether oxygens (including phenoxy) is 1. The van der Waals surface area contributed by atoms with Crippen molar-refractivity contribution >= 4 is 21.5 Å². The van der Waals surface area contributed by atoms with E-state index in [1.54, 1.807) is 18.2 Å². The molecule has 0 fully saturated rings. The smallest absolute Gasteiger partial charge is 0.404 e. The van der Waals surface area contributed by atoms with Gasteiger partial charge in [0.05, 0.1) is 16.3 Å². The molecule has 2 aromatic carbocycles. The number of aliphatic imine (C=N–C) groups is 1. The minimum Gasteiger partial charge on any atom is -0.404 e. The van der Waals surface area contributed by atoms with Crippen LogP contribution in [0.15, 0.2) is 64.5 Å². The van der Waals surface area contributed by atoms with Crippen LogP contribution in [0.25, 0.3) is 0 Å². The van der Waals surface area contributed by atoms with Crippen molar-refractivity contribution in [3.63, 3.8) is 0 Å². The molecule has 0 atom stereocenters. The van der Waals surface area contributed by atoms with Gasteiger partial charge >= 0.3 is 6.36 Å². The molecule has 2 rings (SSSR count). The lowest BCUT2D eigenvalue weighted by atomic mass is 10.3. The molecule has 0 amide bonds. The number of benzene rings is 2. The van der Waals surface area contributed by atoms with Gasteiger partial charge in [0.1, 0.15) is 0 Å². The minimum absolute atomic E-state index is 0.00650. The van der Waals surface area contributed by atoms with Crippen LogP contribution < -0.4 is 15.8 Å². The van der Waals surface area contributed by atoms with Gasteiger partial charge in [0.25, 0.3) is 0 Å². The third kappa shape index (κ3) is 6.81. The Balaban J connectivity index is 1.92. The van der Waals surface area contributed by atoms with Gasteiger partial charge in [0.2, 0.25) is 0 Å². The van der Waals surface area contributed by atoms with Gasteiger partial charge in [0.15, 0.2) is 21.5 Å². The van der Waals surface area contributed by atoms with E-state index < -0.39 is 21.9 Å². The Kier molecular flexibility index (Phi) is 6.67. The second-order valence-corrected chi connectivity index (χ2v) is 7.53. The van der Waals surface area contributed by atoms with Crippen LogP contribution in [0.1, 0.15) is 6.42 Å². The highest BCUT2D eigenvalue weighted by Crippen LogP contribution is 2.29. The number of alkyl halides is 3. The number of hydrogen-bond donors (Lipinski definition) is 2. The van der Waals surface area contributed by atoms with E-state index in [9.17, 15) is 21.6 Å². The largest absolute Gasteiger partial charge is 0.573 e. The molecule has 0 saturated carbocycles. The number of anilines is 1. The van der Waals surface area contributed by atoms with Gasteiger partial charge in [-0.3, -0.25) is 4.99 Å². The van der Waals surface area contributed by atoms with Gasteiger partial charge in [-0.2, -0.15) is 0 Å². The molecule has 0 heterocycles. The van der Waals surface area contributed by atoms with E-state index in [4.69, 9.17) is 5.73 Å². The zero-order valence-electron chi connectivity index (χ0n) is 14.1. The number of rotatable bonds is 7. The van der Waals surface area contributed by atoms with Crippen molar-refractivity contribution in [3.05, 3.63) is 54.6 Å². The Morgan fingerprint density at radius 2 is 1.70 bits per heavy atom. The zero-order chi connectivity index (χ0) is 19.9. The van der Waals surface area contributed by atoms with Crippen LogP contribution in [0.3, 0.4) is 0 Å². The second kappa shape index (κ2) is 8.76. The van der Waals surface area contributed by atoms with Crippen molar-refractivity contribution in [1.29, 1.82) is 0 Å². The summed E-state index contributed by atoms with van der Waals surface area (Å²) in [5.74, 6) is -0.721. The number of nitrogens with one attached hydrogen (secondary N) is 1. The van der Waals surface area contributed by atoms with Crippen molar-refractivity contribution in [2.24, 2.45) is 10.7 Å². The summed E-state index contributed by atoms with van der Waals surface area (Å²) in [6.45, 7) is 0.0905. The number of nitrogens with zero attached hydrogens (tertiary/aromatic N) is 1. The molecular formula is C17H18F3N3O3S. The zero-order valence-corrected chi connectivity index (χ0v) is 14.9. The molecule has 146 valence electrons. The van der Waals surface area contributed by atoms with E-state index in [0.29, 0.717) is 0 Å². The lowest BCUT2D eigenvalue weighted by molar-refractivity contribution is -0.274. The molecule has 10 heteroatoms. The van der Waals surface area contributed by atoms with Crippen LogP contribution in [-0.2, 0) is 9.84 Å². The fourth-order valence-electron chi connectivity index (χ4n) is 2.16. The Labute approximate surface area is 154 Å². The summed E-state index contributed by atoms with van der Waals surface area (Å²) in [5.41, 5.74) is 5.65. The highest BCUT2D eigenvalue weighted by atomic mass is 32.2. The molecule has 2 aromatic rings. The lowest BCUT2D eigenvalue weighted by Gasteiger charge is -2.14. The standard InChI is InChI=1S/C17H18F3N3O3S/c18-17(19,20)26-15-10-5-4-9-14(15)23-16(21)22-11-6-12-27(24,25)13-7-2-1-3-8-13/h1-5,7-10H,6,11-12H2,(H3,21,22,23). The van der Waals surface area contributed by atoms with Gasteiger partial charge in [-0.15, -0.1) is 13.2 Å². The predicted octanol–water partition coefficient (Wildman–Crippen LogP) is 3.18. The maximum absolute atomic E-state index is 12.4. The summed E-state index contributed by atoms with van der Waals surface area (Å²) in [5, 5.41) is 2.52. The van der Waals surface area contributed by atoms with Crippen molar-refractivity contribution in [2.75, 3.05) is 17.6 Å². The Morgan fingerprint density at radius 1 is 1.07 bits per heavy atom. The molecule has 0 unspecified atom stereocenters. The van der Waals surface area contributed by atoms with Gasteiger partial charge in [-0.25, -0.2) is 8.42 Å². The Morgan fingerprint density at radius 3 is 2.37 bits per heavy atom. The van der Waals surface area contributed by atoms with E-state index in [2.05, 4.69) is 15.0 Å². The highest BCUT2D eigenvalue weighted by Gasteiger charge is 2.32. The minimum atomic E-state index is -4.84. The van der Waals surface area contributed by atoms with Crippen LogP contribution >= 0.6 is 0 Å². The second-order valence-electron chi connectivity index (χ2n) is 5.42. The molecule has 6 nitrogen and oxygen atoms in total. The van der Waals surface area contributed by atoms with Gasteiger partial charge < -0.3 is 15.8 Å². The quantitative estimate of drug-likeness (QED) is 0.422. The van der Waals surface area contributed by atoms with Crippen molar-refractivity contribution in [1.82, 2.24) is 0 Å². The molecule has 0 spiro atoms. The van der Waals surface area contributed by atoms with Crippen LogP contribution in [0.5, 0.6) is 5.75 Å². The molecular weight excluding hydrogens is 383 g/mol. The Hall–Kier alpha value is -2.75. The average Bonchev–Trinajstić information content (AvgIpc) is 2.60. The van der Waals surface area contributed by atoms with E-state index in [1.165, 1.54) is 30.3 Å². The molecule has 3 N–H and O–H groups in total. The molecule has 0 aliphatic rings. The molecule has 0 bridgehead atoms. The molecule has 0 radical (unpaired) electrons. The summed E-state index contributed by atoms with van der Waals surface area (Å²) in [7, 11) is -3.42. The summed E-state index contributed by atoms with van der Waals surface area (Å²) >= 11 is 0. The first-order chi connectivity index (χ1) is 12.7. The van der Waals surface area contributed by atoms with Gasteiger partial charge in [0, 0.05) is 6.54 Å². The fourth-order valence-corrected chi connectivity index (χ4v) is 3.48. The maximum atomic E-state index is 12.4. The van der Waals surface area contributed by atoms with Crippen molar-refractivity contribution < 1.29 is 26.3 Å². The van der Waals surface area contributed by atoms with Crippen LogP contribution in [0, 0.1) is 0 Å². The SMILES string of the molecule is NC(=NCCCS(=O)(=O)c1ccccc1)Nc1ccccc1OC(F)(F)F.